The number of aliphatic carboxylic acids is 1. The molecule has 0 bridgehead atoms. The zero-order chi connectivity index (χ0) is 30.2. The molecule has 3 aromatic heterocycles. The number of hydrogen-bond acceptors (Lipinski definition) is 12. The summed E-state index contributed by atoms with van der Waals surface area (Å²) in [6, 6.07) is 0. The Kier molecular flexibility index (Phi) is 7.80. The number of carbonyl (C=O) groups excluding carboxylic acids is 1. The molecule has 14 nitrogen and oxygen atoms in total. The van der Waals surface area contributed by atoms with Crippen LogP contribution in [0.3, 0.4) is 0 Å². The molecule has 5 N–H and O–H groups in total. The maximum atomic E-state index is 12.3. The molecule has 1 amide bonds. The normalized spacial score (nSPS) is 16.6. The topological polar surface area (TPSA) is 206 Å². The molecule has 1 unspecified atom stereocenters. The standard InChI is InChI=1S/C28H35N9O5/c1-14(26(38)39)41-27(40)37-9-7-15(8-10-37)17-11-31-24(32-12-17)19-21(36-42-22(19)16-5-6-16)20(29)18-23(30)33-13-34-25(18)35-28(2,3)4/h11-16,29H,5-10H2,1-4H3,(H,38,39)(H3,30,33,34,35). The molecule has 42 heavy (non-hydrogen) atoms. The molecule has 222 valence electrons. The first-order valence-electron chi connectivity index (χ1n) is 13.9. The van der Waals surface area contributed by atoms with Crippen molar-refractivity contribution in [2.75, 3.05) is 24.1 Å². The summed E-state index contributed by atoms with van der Waals surface area (Å²) in [5.41, 5.74) is 7.98. The Hall–Kier alpha value is -4.62. The highest BCUT2D eigenvalue weighted by Gasteiger charge is 2.36. The van der Waals surface area contributed by atoms with Crippen LogP contribution in [0.1, 0.15) is 87.8 Å². The number of ether oxygens (including phenoxy) is 1. The van der Waals surface area contributed by atoms with Gasteiger partial charge in [-0.05, 0) is 64.9 Å². The number of nitrogen functional groups attached to an aromatic ring is 1. The Bertz CT molecular complexity index is 1490. The summed E-state index contributed by atoms with van der Waals surface area (Å²) in [5.74, 6) is 0.724. The molecule has 2 aliphatic rings. The van der Waals surface area contributed by atoms with Gasteiger partial charge in [0.15, 0.2) is 17.7 Å². The van der Waals surface area contributed by atoms with E-state index >= 15 is 0 Å². The van der Waals surface area contributed by atoms with E-state index in [9.17, 15) is 9.59 Å². The molecule has 2 fully saturated rings. The summed E-state index contributed by atoms with van der Waals surface area (Å²) in [5, 5.41) is 25.6. The molecule has 14 heteroatoms. The summed E-state index contributed by atoms with van der Waals surface area (Å²) in [6.07, 6.45) is 6.26. The number of piperidine rings is 1. The van der Waals surface area contributed by atoms with Gasteiger partial charge in [-0.15, -0.1) is 0 Å². The van der Waals surface area contributed by atoms with Gasteiger partial charge in [-0.25, -0.2) is 29.5 Å². The lowest BCUT2D eigenvalue weighted by atomic mass is 9.91. The van der Waals surface area contributed by atoms with E-state index in [2.05, 4.69) is 30.4 Å². The maximum Gasteiger partial charge on any atom is 0.410 e. The average molecular weight is 578 g/mol. The van der Waals surface area contributed by atoms with E-state index in [1.807, 2.05) is 20.8 Å². The van der Waals surface area contributed by atoms with Crippen molar-refractivity contribution in [3.63, 3.8) is 0 Å². The second-order valence-corrected chi connectivity index (χ2v) is 11.7. The van der Waals surface area contributed by atoms with Crippen molar-refractivity contribution in [2.45, 2.75) is 76.9 Å². The lowest BCUT2D eigenvalue weighted by Gasteiger charge is -2.31. The predicted molar refractivity (Wildman–Crippen MR) is 152 cm³/mol. The van der Waals surface area contributed by atoms with Gasteiger partial charge in [0.05, 0.1) is 16.8 Å². The van der Waals surface area contributed by atoms with Crippen LogP contribution in [0.4, 0.5) is 16.4 Å². The molecule has 4 heterocycles. The first kappa shape index (κ1) is 28.9. The van der Waals surface area contributed by atoms with E-state index in [1.165, 1.54) is 18.2 Å². The number of rotatable bonds is 8. The summed E-state index contributed by atoms with van der Waals surface area (Å²) in [6.45, 7) is 8.14. The first-order valence-corrected chi connectivity index (χ1v) is 13.9. The van der Waals surface area contributed by atoms with Gasteiger partial charge < -0.3 is 30.3 Å². The van der Waals surface area contributed by atoms with Crippen molar-refractivity contribution in [1.29, 1.82) is 5.41 Å². The first-order chi connectivity index (χ1) is 19.9. The number of amides is 1. The molecule has 1 saturated carbocycles. The lowest BCUT2D eigenvalue weighted by Crippen LogP contribution is -2.40. The molecule has 1 saturated heterocycles. The van der Waals surface area contributed by atoms with Crippen LogP contribution in [0.25, 0.3) is 11.4 Å². The van der Waals surface area contributed by atoms with Crippen LogP contribution >= 0.6 is 0 Å². The molecule has 5 rings (SSSR count). The Balaban J connectivity index is 1.37. The van der Waals surface area contributed by atoms with Gasteiger partial charge in [-0.2, -0.15) is 0 Å². The number of carbonyl (C=O) groups is 2. The van der Waals surface area contributed by atoms with Gasteiger partial charge in [0, 0.05) is 36.9 Å². The van der Waals surface area contributed by atoms with Gasteiger partial charge in [0.25, 0.3) is 0 Å². The van der Waals surface area contributed by atoms with Gasteiger partial charge in [-0.1, -0.05) is 5.16 Å². The van der Waals surface area contributed by atoms with Crippen molar-refractivity contribution >= 4 is 29.4 Å². The minimum Gasteiger partial charge on any atom is -0.479 e. The number of likely N-dealkylation sites (tertiary alicyclic amines) is 1. The fourth-order valence-electron chi connectivity index (χ4n) is 4.88. The Morgan fingerprint density at radius 1 is 1.12 bits per heavy atom. The predicted octanol–water partition coefficient (Wildman–Crippen LogP) is 3.80. The smallest absolute Gasteiger partial charge is 0.410 e. The number of carboxylic acid groups (broad SMARTS) is 1. The van der Waals surface area contributed by atoms with E-state index in [4.69, 9.17) is 25.5 Å². The molecule has 1 aliphatic carbocycles. The van der Waals surface area contributed by atoms with Crippen LogP contribution in [0, 0.1) is 5.41 Å². The van der Waals surface area contributed by atoms with Crippen LogP contribution in [0.5, 0.6) is 0 Å². The second kappa shape index (κ2) is 11.3. The highest BCUT2D eigenvalue weighted by molar-refractivity contribution is 6.17. The van der Waals surface area contributed by atoms with E-state index in [1.54, 1.807) is 12.4 Å². The molecule has 0 spiro atoms. The summed E-state index contributed by atoms with van der Waals surface area (Å²) in [4.78, 5) is 42.6. The summed E-state index contributed by atoms with van der Waals surface area (Å²) in [7, 11) is 0. The van der Waals surface area contributed by atoms with E-state index in [-0.39, 0.29) is 34.6 Å². The van der Waals surface area contributed by atoms with Gasteiger partial charge in [0.1, 0.15) is 23.7 Å². The van der Waals surface area contributed by atoms with Crippen LogP contribution in [0.2, 0.25) is 0 Å². The van der Waals surface area contributed by atoms with Crippen molar-refractivity contribution in [3.05, 3.63) is 41.3 Å². The number of aromatic nitrogens is 5. The van der Waals surface area contributed by atoms with Crippen molar-refractivity contribution in [2.24, 2.45) is 0 Å². The Morgan fingerprint density at radius 3 is 2.38 bits per heavy atom. The number of nitrogens with two attached hydrogens (primary N) is 1. The highest BCUT2D eigenvalue weighted by Crippen LogP contribution is 2.45. The Morgan fingerprint density at radius 2 is 1.79 bits per heavy atom. The zero-order valence-corrected chi connectivity index (χ0v) is 24.0. The van der Waals surface area contributed by atoms with E-state index < -0.39 is 18.2 Å². The fourth-order valence-corrected chi connectivity index (χ4v) is 4.88. The molecule has 0 radical (unpaired) electrons. The monoisotopic (exact) mass is 577 g/mol. The zero-order valence-electron chi connectivity index (χ0n) is 24.0. The third-order valence-corrected chi connectivity index (χ3v) is 7.27. The minimum atomic E-state index is -1.20. The third kappa shape index (κ3) is 6.16. The lowest BCUT2D eigenvalue weighted by molar-refractivity contribution is -0.146. The molecular formula is C28H35N9O5. The molecule has 1 aliphatic heterocycles. The quantitative estimate of drug-likeness (QED) is 0.282. The molecular weight excluding hydrogens is 542 g/mol. The van der Waals surface area contributed by atoms with Crippen molar-refractivity contribution in [1.82, 2.24) is 30.0 Å². The number of nitrogens with one attached hydrogen (secondary N) is 2. The van der Waals surface area contributed by atoms with Gasteiger partial charge in [-0.3, -0.25) is 5.41 Å². The second-order valence-electron chi connectivity index (χ2n) is 11.7. The summed E-state index contributed by atoms with van der Waals surface area (Å²) >= 11 is 0. The van der Waals surface area contributed by atoms with Crippen LogP contribution in [-0.2, 0) is 9.53 Å². The van der Waals surface area contributed by atoms with Crippen LogP contribution in [-0.4, -0.2) is 77.6 Å². The molecule has 1 atom stereocenters. The van der Waals surface area contributed by atoms with Crippen molar-refractivity contribution in [3.8, 4) is 11.4 Å². The molecule has 3 aromatic rings. The van der Waals surface area contributed by atoms with Crippen molar-refractivity contribution < 1.29 is 24.0 Å². The number of carboxylic acids is 1. The average Bonchev–Trinajstić information content (AvgIpc) is 3.69. The van der Waals surface area contributed by atoms with Crippen LogP contribution in [0.15, 0.2) is 23.2 Å². The van der Waals surface area contributed by atoms with Gasteiger partial charge >= 0.3 is 12.1 Å². The van der Waals surface area contributed by atoms with E-state index in [0.717, 1.165) is 18.4 Å². The van der Waals surface area contributed by atoms with E-state index in [0.29, 0.717) is 54.5 Å². The SMILES string of the molecule is CC(OC(=O)N1CCC(c2cnc(-c3c(C(=N)c4c(N)ncnc4NC(C)(C)C)noc3C3CC3)nc2)CC1)C(=O)O. The summed E-state index contributed by atoms with van der Waals surface area (Å²) < 4.78 is 10.8. The van der Waals surface area contributed by atoms with Gasteiger partial charge in [0.2, 0.25) is 0 Å². The number of hydrogen-bond donors (Lipinski definition) is 4. The largest absolute Gasteiger partial charge is 0.479 e. The molecule has 0 aromatic carbocycles. The fraction of sp³-hybridized carbons (Fsp3) is 0.500. The maximum absolute atomic E-state index is 12.3. The highest BCUT2D eigenvalue weighted by atomic mass is 16.6. The number of nitrogens with zero attached hydrogens (tertiary/aromatic N) is 6. The Labute approximate surface area is 242 Å². The van der Waals surface area contributed by atoms with Crippen LogP contribution < -0.4 is 11.1 Å². The third-order valence-electron chi connectivity index (χ3n) is 7.27. The minimum absolute atomic E-state index is 0.00894. The number of anilines is 2.